The smallest absolute Gasteiger partial charge is 0.0708 e. The van der Waals surface area contributed by atoms with E-state index in [1.165, 1.54) is 81.9 Å². The lowest BCUT2D eigenvalue weighted by atomic mass is 9.85. The first-order valence-corrected chi connectivity index (χ1v) is 15.1. The van der Waals surface area contributed by atoms with Crippen molar-refractivity contribution < 1.29 is 0 Å². The van der Waals surface area contributed by atoms with Crippen LogP contribution >= 0.6 is 0 Å². The van der Waals surface area contributed by atoms with Gasteiger partial charge in [0, 0.05) is 22.4 Å². The summed E-state index contributed by atoms with van der Waals surface area (Å²) in [6, 6.07) is 57.0. The molecule has 0 saturated carbocycles. The number of aromatic nitrogens is 1. The van der Waals surface area contributed by atoms with Crippen molar-refractivity contribution in [2.45, 2.75) is 0 Å². The minimum atomic E-state index is 1.01. The molecule has 0 aliphatic heterocycles. The van der Waals surface area contributed by atoms with Gasteiger partial charge in [-0.15, -0.1) is 0 Å². The minimum absolute atomic E-state index is 1.01. The van der Waals surface area contributed by atoms with Gasteiger partial charge in [-0.2, -0.15) is 0 Å². The summed E-state index contributed by atoms with van der Waals surface area (Å²) < 4.78 is 0. The van der Waals surface area contributed by atoms with Crippen LogP contribution in [0.25, 0.3) is 87.4 Å². The zero-order valence-electron chi connectivity index (χ0n) is 24.0. The van der Waals surface area contributed by atoms with Crippen LogP contribution < -0.4 is 0 Å². The molecule has 0 aliphatic rings. The van der Waals surface area contributed by atoms with Crippen LogP contribution in [0.15, 0.2) is 164 Å². The molecule has 1 heterocycles. The highest BCUT2D eigenvalue weighted by Crippen LogP contribution is 2.46. The Morgan fingerprint density at radius 3 is 1.66 bits per heavy atom. The second-order valence-corrected chi connectivity index (χ2v) is 11.5. The molecule has 0 atom stereocenters. The molecular formula is C43H27N. The Morgan fingerprint density at radius 1 is 0.341 bits per heavy atom. The van der Waals surface area contributed by atoms with Gasteiger partial charge in [-0.25, -0.2) is 0 Å². The largest absolute Gasteiger partial charge is 0.256 e. The second-order valence-electron chi connectivity index (χ2n) is 11.5. The van der Waals surface area contributed by atoms with Crippen LogP contribution in [0.5, 0.6) is 0 Å². The summed E-state index contributed by atoms with van der Waals surface area (Å²) in [6.45, 7) is 0. The Balaban J connectivity index is 1.33. The van der Waals surface area contributed by atoms with E-state index in [0.29, 0.717) is 0 Å². The van der Waals surface area contributed by atoms with E-state index >= 15 is 0 Å². The number of benzene rings is 8. The lowest BCUT2D eigenvalue weighted by Gasteiger charge is -2.19. The Hall–Kier alpha value is -5.79. The van der Waals surface area contributed by atoms with E-state index in [1.807, 2.05) is 0 Å². The fourth-order valence-electron chi connectivity index (χ4n) is 7.12. The molecule has 0 spiro atoms. The van der Waals surface area contributed by atoms with E-state index in [2.05, 4.69) is 164 Å². The molecule has 0 saturated heterocycles. The summed E-state index contributed by atoms with van der Waals surface area (Å²) in [4.78, 5) is 4.97. The lowest BCUT2D eigenvalue weighted by Crippen LogP contribution is -1.93. The summed E-state index contributed by atoms with van der Waals surface area (Å²) in [5.41, 5.74) is 8.38. The standard InChI is InChI=1S/C43H27N/c1-2-12-29(13-3-1)42-36-19-9-8-18-35(36)41(39-27-44-40-21-11-10-20-37(40)43(39)42)30-24-22-28(23-25-30)38-26-31-14-4-5-15-32(31)33-16-6-7-17-34(33)38/h1-27H. The van der Waals surface area contributed by atoms with Crippen molar-refractivity contribution in [2.24, 2.45) is 0 Å². The number of nitrogens with zero attached hydrogens (tertiary/aromatic N) is 1. The molecule has 204 valence electrons. The maximum absolute atomic E-state index is 4.97. The zero-order valence-corrected chi connectivity index (χ0v) is 24.0. The van der Waals surface area contributed by atoms with Crippen molar-refractivity contribution >= 4 is 54.0 Å². The molecule has 0 amide bonds. The first kappa shape index (κ1) is 24.8. The number of pyridine rings is 1. The number of hydrogen-bond acceptors (Lipinski definition) is 1. The molecule has 44 heavy (non-hydrogen) atoms. The van der Waals surface area contributed by atoms with Gasteiger partial charge in [-0.1, -0.05) is 146 Å². The van der Waals surface area contributed by atoms with Gasteiger partial charge >= 0.3 is 0 Å². The van der Waals surface area contributed by atoms with Gasteiger partial charge in [0.1, 0.15) is 0 Å². The molecule has 0 aliphatic carbocycles. The third kappa shape index (κ3) is 3.76. The van der Waals surface area contributed by atoms with E-state index in [1.54, 1.807) is 0 Å². The van der Waals surface area contributed by atoms with Crippen molar-refractivity contribution in [1.29, 1.82) is 0 Å². The molecule has 1 aromatic heterocycles. The fraction of sp³-hybridized carbons (Fsp3) is 0. The molecule has 1 heteroatoms. The predicted molar refractivity (Wildman–Crippen MR) is 188 cm³/mol. The molecular weight excluding hydrogens is 530 g/mol. The van der Waals surface area contributed by atoms with E-state index in [9.17, 15) is 0 Å². The Kier molecular flexibility index (Phi) is 5.57. The predicted octanol–water partition coefficient (Wildman–Crippen LogP) is 11.8. The number of rotatable bonds is 3. The van der Waals surface area contributed by atoms with Crippen LogP contribution in [-0.2, 0) is 0 Å². The Bertz CT molecular complexity index is 2530. The molecule has 0 N–H and O–H groups in total. The summed E-state index contributed by atoms with van der Waals surface area (Å²) in [5.74, 6) is 0. The zero-order chi connectivity index (χ0) is 29.0. The van der Waals surface area contributed by atoms with Gasteiger partial charge in [0.2, 0.25) is 0 Å². The molecule has 9 rings (SSSR count). The van der Waals surface area contributed by atoms with Crippen LogP contribution in [0.3, 0.4) is 0 Å². The molecule has 9 aromatic rings. The average molecular weight is 558 g/mol. The highest BCUT2D eigenvalue weighted by atomic mass is 14.6. The van der Waals surface area contributed by atoms with Crippen molar-refractivity contribution in [3.8, 4) is 33.4 Å². The number of hydrogen-bond donors (Lipinski definition) is 0. The molecule has 0 fully saturated rings. The van der Waals surface area contributed by atoms with Gasteiger partial charge in [0.15, 0.2) is 0 Å². The summed E-state index contributed by atoms with van der Waals surface area (Å²) in [6.07, 6.45) is 2.08. The number of fused-ring (bicyclic) bond motifs is 7. The summed E-state index contributed by atoms with van der Waals surface area (Å²) in [7, 11) is 0. The Morgan fingerprint density at radius 2 is 0.886 bits per heavy atom. The van der Waals surface area contributed by atoms with E-state index < -0.39 is 0 Å². The van der Waals surface area contributed by atoms with Crippen molar-refractivity contribution in [2.75, 3.05) is 0 Å². The summed E-state index contributed by atoms with van der Waals surface area (Å²) >= 11 is 0. The highest BCUT2D eigenvalue weighted by Gasteiger charge is 2.19. The molecule has 0 unspecified atom stereocenters. The van der Waals surface area contributed by atoms with Crippen LogP contribution in [0.4, 0.5) is 0 Å². The molecule has 1 nitrogen and oxygen atoms in total. The van der Waals surface area contributed by atoms with Gasteiger partial charge in [-0.05, 0) is 77.8 Å². The van der Waals surface area contributed by atoms with Crippen LogP contribution in [0.2, 0.25) is 0 Å². The van der Waals surface area contributed by atoms with Crippen LogP contribution in [0.1, 0.15) is 0 Å². The SMILES string of the molecule is c1ccc(-c2c3ccccc3c(-c3ccc(-c4cc5ccccc5c5ccccc45)cc3)c3cnc4ccccc4c23)cc1. The number of para-hydroxylation sites is 1. The van der Waals surface area contributed by atoms with Gasteiger partial charge in [0.25, 0.3) is 0 Å². The van der Waals surface area contributed by atoms with Crippen molar-refractivity contribution in [3.63, 3.8) is 0 Å². The van der Waals surface area contributed by atoms with Gasteiger partial charge in [0.05, 0.1) is 5.52 Å². The minimum Gasteiger partial charge on any atom is -0.256 e. The van der Waals surface area contributed by atoms with Crippen LogP contribution in [0, 0.1) is 0 Å². The maximum Gasteiger partial charge on any atom is 0.0708 e. The van der Waals surface area contributed by atoms with E-state index in [0.717, 1.165) is 5.52 Å². The highest BCUT2D eigenvalue weighted by molar-refractivity contribution is 6.27. The Labute approximate surface area is 255 Å². The van der Waals surface area contributed by atoms with E-state index in [-0.39, 0.29) is 0 Å². The molecule has 0 radical (unpaired) electrons. The fourth-order valence-corrected chi connectivity index (χ4v) is 7.12. The third-order valence-electron chi connectivity index (χ3n) is 9.08. The maximum atomic E-state index is 4.97. The molecule has 0 bridgehead atoms. The van der Waals surface area contributed by atoms with Gasteiger partial charge < -0.3 is 0 Å². The average Bonchev–Trinajstić information content (AvgIpc) is 3.10. The van der Waals surface area contributed by atoms with Gasteiger partial charge in [-0.3, -0.25) is 4.98 Å². The first-order chi connectivity index (χ1) is 21.8. The van der Waals surface area contributed by atoms with Crippen molar-refractivity contribution in [3.05, 3.63) is 164 Å². The third-order valence-corrected chi connectivity index (χ3v) is 9.08. The topological polar surface area (TPSA) is 12.9 Å². The summed E-state index contributed by atoms with van der Waals surface area (Å²) in [5, 5.41) is 11.2. The van der Waals surface area contributed by atoms with E-state index in [4.69, 9.17) is 4.98 Å². The monoisotopic (exact) mass is 557 g/mol. The van der Waals surface area contributed by atoms with Crippen molar-refractivity contribution in [1.82, 2.24) is 4.98 Å². The quantitative estimate of drug-likeness (QED) is 0.155. The lowest BCUT2D eigenvalue weighted by molar-refractivity contribution is 1.45. The molecule has 8 aromatic carbocycles. The normalized spacial score (nSPS) is 11.6. The second kappa shape index (κ2) is 9.90. The van der Waals surface area contributed by atoms with Crippen LogP contribution in [-0.4, -0.2) is 4.98 Å². The first-order valence-electron chi connectivity index (χ1n) is 15.1.